The molecule has 0 fully saturated rings. The molecule has 5 aromatic carbocycles. The van der Waals surface area contributed by atoms with Gasteiger partial charge in [0.05, 0.1) is 0 Å². The number of hydrogen-bond donors (Lipinski definition) is 0. The van der Waals surface area contributed by atoms with Crippen LogP contribution < -0.4 is 0 Å². The lowest BCUT2D eigenvalue weighted by Crippen LogP contribution is -1.95. The quantitative estimate of drug-likeness (QED) is 0.208. The zero-order chi connectivity index (χ0) is 22.8. The molecule has 5 rings (SSSR count). The maximum Gasteiger partial charge on any atom is 0.160 e. The molecule has 0 bridgehead atoms. The topological polar surface area (TPSA) is 17.1 Å². The molecule has 1 heteroatoms. The Kier molecular flexibility index (Phi) is 5.92. The highest BCUT2D eigenvalue weighted by Crippen LogP contribution is 2.28. The Hall–Kier alpha value is -3.71. The van der Waals surface area contributed by atoms with Gasteiger partial charge in [-0.15, -0.1) is 0 Å². The van der Waals surface area contributed by atoms with E-state index in [-0.39, 0.29) is 5.78 Å². The van der Waals surface area contributed by atoms with E-state index in [1.165, 1.54) is 32.7 Å². The Labute approximate surface area is 190 Å². The van der Waals surface area contributed by atoms with E-state index in [0.29, 0.717) is 0 Å². The first-order valence-electron chi connectivity index (χ1n) is 10.9. The van der Waals surface area contributed by atoms with Gasteiger partial charge in [0.25, 0.3) is 0 Å². The van der Waals surface area contributed by atoms with Crippen molar-refractivity contribution in [3.63, 3.8) is 0 Å². The summed E-state index contributed by atoms with van der Waals surface area (Å²) < 4.78 is 0. The lowest BCUT2D eigenvalue weighted by atomic mass is 9.94. The largest absolute Gasteiger partial charge is 0.294 e. The van der Waals surface area contributed by atoms with Gasteiger partial charge < -0.3 is 0 Å². The molecule has 0 radical (unpaired) electrons. The molecule has 0 saturated carbocycles. The third kappa shape index (κ3) is 4.20. The first-order valence-corrected chi connectivity index (χ1v) is 10.9. The smallest absolute Gasteiger partial charge is 0.160 e. The van der Waals surface area contributed by atoms with Gasteiger partial charge in [-0.2, -0.15) is 0 Å². The van der Waals surface area contributed by atoms with Crippen LogP contribution in [0.5, 0.6) is 0 Å². The van der Waals surface area contributed by atoms with Crippen molar-refractivity contribution in [2.24, 2.45) is 0 Å². The summed E-state index contributed by atoms with van der Waals surface area (Å²) in [7, 11) is 0. The summed E-state index contributed by atoms with van der Waals surface area (Å²) in [5.41, 5.74) is 5.55. The fraction of sp³-hybridized carbons (Fsp3) is 0.129. The van der Waals surface area contributed by atoms with Gasteiger partial charge in [0.2, 0.25) is 0 Å². The van der Waals surface area contributed by atoms with Crippen molar-refractivity contribution in [1.82, 2.24) is 0 Å². The second-order valence-corrected chi connectivity index (χ2v) is 8.53. The van der Waals surface area contributed by atoms with Gasteiger partial charge >= 0.3 is 0 Å². The summed E-state index contributed by atoms with van der Waals surface area (Å²) in [5, 5.41) is 7.42. The minimum absolute atomic E-state index is 0.0966. The summed E-state index contributed by atoms with van der Waals surface area (Å²) in [5.74, 6) is 0.0966. The minimum Gasteiger partial charge on any atom is -0.294 e. The van der Waals surface area contributed by atoms with E-state index in [1.807, 2.05) is 43.3 Å². The van der Waals surface area contributed by atoms with Gasteiger partial charge in [-0.05, 0) is 88.8 Å². The van der Waals surface area contributed by atoms with Crippen LogP contribution in [0.4, 0.5) is 0 Å². The van der Waals surface area contributed by atoms with E-state index in [1.54, 1.807) is 6.92 Å². The van der Waals surface area contributed by atoms with Gasteiger partial charge in [0.15, 0.2) is 5.78 Å². The van der Waals surface area contributed by atoms with Gasteiger partial charge in [0.1, 0.15) is 0 Å². The molecule has 0 aliphatic rings. The molecule has 0 saturated heterocycles. The van der Waals surface area contributed by atoms with Crippen LogP contribution in [0.3, 0.4) is 0 Å². The highest BCUT2D eigenvalue weighted by Gasteiger charge is 2.09. The number of aryl methyl sites for hydroxylation is 2. The van der Waals surface area contributed by atoms with Crippen molar-refractivity contribution < 1.29 is 4.79 Å². The van der Waals surface area contributed by atoms with E-state index in [0.717, 1.165) is 27.5 Å². The maximum atomic E-state index is 11.6. The minimum atomic E-state index is 0.0966. The van der Waals surface area contributed by atoms with Crippen LogP contribution in [-0.2, 0) is 0 Å². The molecule has 0 N–H and O–H groups in total. The van der Waals surface area contributed by atoms with Crippen molar-refractivity contribution in [2.45, 2.75) is 27.7 Å². The van der Waals surface area contributed by atoms with Crippen LogP contribution in [-0.4, -0.2) is 5.78 Å². The standard InChI is InChI=1S/C16H14.C15H14O/c1-11-7-15-9-13-5-3-4-6-14(13)10-16(15)8-12(11)2;1-10(2)13-8-4-6-12-7-5-9-14(11(3)16)15(12)13/h3-10H,1-2H3;4-9H,1H2,2-3H3. The number of benzene rings is 5. The van der Waals surface area contributed by atoms with Crippen LogP contribution in [0.2, 0.25) is 0 Å². The number of carbonyl (C=O) groups is 1. The lowest BCUT2D eigenvalue weighted by molar-refractivity contribution is 0.101. The van der Waals surface area contributed by atoms with E-state index in [9.17, 15) is 4.79 Å². The Morgan fingerprint density at radius 1 is 0.594 bits per heavy atom. The predicted molar refractivity (Wildman–Crippen MR) is 140 cm³/mol. The second kappa shape index (κ2) is 8.80. The van der Waals surface area contributed by atoms with Gasteiger partial charge in [-0.25, -0.2) is 0 Å². The van der Waals surface area contributed by atoms with Crippen molar-refractivity contribution in [2.75, 3.05) is 0 Å². The number of Topliss-reactive ketones (excluding diaryl/α,β-unsaturated/α-hetero) is 1. The Balaban J connectivity index is 0.000000153. The molecule has 0 atom stereocenters. The molecule has 5 aromatic rings. The number of carbonyl (C=O) groups excluding carboxylic acids is 1. The highest BCUT2D eigenvalue weighted by molar-refractivity contribution is 6.10. The van der Waals surface area contributed by atoms with Crippen molar-refractivity contribution in [3.05, 3.63) is 114 Å². The number of fused-ring (bicyclic) bond motifs is 3. The van der Waals surface area contributed by atoms with E-state index < -0.39 is 0 Å². The average Bonchev–Trinajstić information content (AvgIpc) is 2.78. The van der Waals surface area contributed by atoms with E-state index in [2.05, 4.69) is 69.0 Å². The normalized spacial score (nSPS) is 10.8. The van der Waals surface area contributed by atoms with Crippen LogP contribution in [0, 0.1) is 13.8 Å². The van der Waals surface area contributed by atoms with Gasteiger partial charge in [0, 0.05) is 5.56 Å². The molecule has 1 nitrogen and oxygen atoms in total. The second-order valence-electron chi connectivity index (χ2n) is 8.53. The molecule has 0 heterocycles. The van der Waals surface area contributed by atoms with E-state index >= 15 is 0 Å². The van der Waals surface area contributed by atoms with Crippen LogP contribution in [0.15, 0.2) is 91.5 Å². The molecular weight excluding hydrogens is 388 g/mol. The molecule has 0 unspecified atom stereocenters. The van der Waals surface area contributed by atoms with E-state index in [4.69, 9.17) is 0 Å². The summed E-state index contributed by atoms with van der Waals surface area (Å²) in [6, 6.07) is 29.5. The molecule has 0 spiro atoms. The fourth-order valence-corrected chi connectivity index (χ4v) is 4.21. The van der Waals surface area contributed by atoms with Crippen molar-refractivity contribution in [3.8, 4) is 0 Å². The Bertz CT molecular complexity index is 1380. The highest BCUT2D eigenvalue weighted by atomic mass is 16.1. The fourth-order valence-electron chi connectivity index (χ4n) is 4.21. The maximum absolute atomic E-state index is 11.6. The first-order chi connectivity index (χ1) is 15.3. The monoisotopic (exact) mass is 416 g/mol. The third-order valence-electron chi connectivity index (χ3n) is 6.06. The SMILES string of the molecule is C=C(C)c1cccc2cccc(C(C)=O)c12.Cc1cc2cc3ccccc3cc2cc1C. The molecule has 0 aliphatic carbocycles. The first kappa shape index (κ1) is 21.5. The Morgan fingerprint density at radius 3 is 1.53 bits per heavy atom. The number of hydrogen-bond acceptors (Lipinski definition) is 1. The predicted octanol–water partition coefficient (Wildman–Crippen LogP) is 8.69. The average molecular weight is 417 g/mol. The molecule has 0 aliphatic heterocycles. The summed E-state index contributed by atoms with van der Waals surface area (Å²) in [6.45, 7) is 11.9. The third-order valence-corrected chi connectivity index (χ3v) is 6.06. The molecule has 32 heavy (non-hydrogen) atoms. The van der Waals surface area contributed by atoms with Crippen LogP contribution in [0.1, 0.15) is 40.9 Å². The van der Waals surface area contributed by atoms with Crippen LogP contribution >= 0.6 is 0 Å². The molecular formula is C31H28O. The zero-order valence-electron chi connectivity index (χ0n) is 19.2. The molecule has 158 valence electrons. The lowest BCUT2D eigenvalue weighted by Gasteiger charge is -2.09. The van der Waals surface area contributed by atoms with Crippen LogP contribution in [0.25, 0.3) is 37.9 Å². The number of rotatable bonds is 2. The van der Waals surface area contributed by atoms with Gasteiger partial charge in [-0.3, -0.25) is 4.79 Å². The summed E-state index contributed by atoms with van der Waals surface area (Å²) >= 11 is 0. The summed E-state index contributed by atoms with van der Waals surface area (Å²) in [4.78, 5) is 11.6. The molecule has 0 aromatic heterocycles. The van der Waals surface area contributed by atoms with Crippen molar-refractivity contribution >= 4 is 43.7 Å². The summed E-state index contributed by atoms with van der Waals surface area (Å²) in [6.07, 6.45) is 0. The number of ketones is 1. The number of allylic oxidation sites excluding steroid dienone is 1. The van der Waals surface area contributed by atoms with Gasteiger partial charge in [-0.1, -0.05) is 84.9 Å². The Morgan fingerprint density at radius 2 is 1.06 bits per heavy atom. The van der Waals surface area contributed by atoms with Crippen molar-refractivity contribution in [1.29, 1.82) is 0 Å². The zero-order valence-corrected chi connectivity index (χ0v) is 19.2. The molecule has 0 amide bonds.